The number of thioether (sulfide) groups is 1. The van der Waals surface area contributed by atoms with Crippen LogP contribution >= 0.6 is 11.8 Å². The number of ether oxygens (including phenoxy) is 1. The van der Waals surface area contributed by atoms with Gasteiger partial charge in [-0.05, 0) is 84.8 Å². The van der Waals surface area contributed by atoms with Crippen molar-refractivity contribution in [3.8, 4) is 28.6 Å². The number of rotatable bonds is 10. The minimum Gasteiger partial charge on any atom is -0.497 e. The van der Waals surface area contributed by atoms with Crippen LogP contribution in [0.2, 0.25) is 0 Å². The van der Waals surface area contributed by atoms with Crippen LogP contribution in [0.15, 0.2) is 107 Å². The van der Waals surface area contributed by atoms with Crippen LogP contribution in [0.3, 0.4) is 0 Å². The molecule has 0 bridgehead atoms. The number of nitrogens with one attached hydrogen (secondary N) is 2. The lowest BCUT2D eigenvalue weighted by Gasteiger charge is -2.05. The van der Waals surface area contributed by atoms with E-state index in [2.05, 4.69) is 31.5 Å². The van der Waals surface area contributed by atoms with Gasteiger partial charge in [0.05, 0.1) is 23.9 Å². The number of carbonyl (C=O) groups is 2. The Bertz CT molecular complexity index is 1960. The predicted molar refractivity (Wildman–Crippen MR) is 172 cm³/mol. The molecule has 0 aliphatic carbocycles. The number of H-pyrrole nitrogens is 1. The van der Waals surface area contributed by atoms with E-state index in [-0.39, 0.29) is 22.7 Å². The van der Waals surface area contributed by atoms with E-state index in [0.717, 1.165) is 51.1 Å². The first-order valence-electron chi connectivity index (χ1n) is 13.7. The molecule has 44 heavy (non-hydrogen) atoms. The molecule has 1 amide bonds. The number of ketones is 1. The first-order chi connectivity index (χ1) is 21.4. The normalized spacial score (nSPS) is 11.2. The van der Waals surface area contributed by atoms with Gasteiger partial charge in [-0.3, -0.25) is 9.59 Å². The van der Waals surface area contributed by atoms with Gasteiger partial charge >= 0.3 is 0 Å². The van der Waals surface area contributed by atoms with Crippen LogP contribution in [-0.2, 0) is 4.79 Å². The van der Waals surface area contributed by atoms with Crippen molar-refractivity contribution in [3.63, 3.8) is 0 Å². The Kier molecular flexibility index (Phi) is 8.33. The SMILES string of the molecule is COc1ccc(/C=C/C(=O)c2ccc(NC(=O)CSc3nnc(-c4ccc(-c5nc6ccc(C)cc6[nH]5)cc4)o3)cc2)cc1. The molecule has 0 atom stereocenters. The van der Waals surface area contributed by atoms with Crippen LogP contribution in [0.4, 0.5) is 5.69 Å². The molecule has 218 valence electrons. The maximum absolute atomic E-state index is 12.5. The Morgan fingerprint density at radius 3 is 2.43 bits per heavy atom. The molecule has 0 saturated carbocycles. The van der Waals surface area contributed by atoms with Gasteiger partial charge in [-0.2, -0.15) is 0 Å². The first-order valence-corrected chi connectivity index (χ1v) is 14.7. The second-order valence-corrected chi connectivity index (χ2v) is 10.9. The van der Waals surface area contributed by atoms with Gasteiger partial charge in [-0.1, -0.05) is 48.2 Å². The number of benzene rings is 4. The van der Waals surface area contributed by atoms with E-state index in [4.69, 9.17) is 9.15 Å². The van der Waals surface area contributed by atoms with E-state index in [9.17, 15) is 9.59 Å². The molecule has 2 heterocycles. The van der Waals surface area contributed by atoms with Crippen molar-refractivity contribution in [1.29, 1.82) is 0 Å². The highest BCUT2D eigenvalue weighted by molar-refractivity contribution is 7.99. The molecule has 0 saturated heterocycles. The number of carbonyl (C=O) groups excluding carboxylic acids is 2. The minimum absolute atomic E-state index is 0.0807. The van der Waals surface area contributed by atoms with E-state index in [1.165, 1.54) is 11.6 Å². The summed E-state index contributed by atoms with van der Waals surface area (Å²) in [5, 5.41) is 11.3. The summed E-state index contributed by atoms with van der Waals surface area (Å²) in [4.78, 5) is 33.1. The molecule has 2 N–H and O–H groups in total. The Hall–Kier alpha value is -5.48. The molecule has 0 spiro atoms. The standard InChI is InChI=1S/C34H27N5O4S/c1-21-3-17-28-29(19-21)37-32(36-28)24-7-9-25(10-8-24)33-38-39-34(43-33)44-20-31(41)35-26-13-11-23(12-14-26)30(40)18-6-22-4-15-27(42-2)16-5-22/h3-19H,20H2,1-2H3,(H,35,41)(H,36,37)/b18-6+. The van der Waals surface area contributed by atoms with Gasteiger partial charge in [0.15, 0.2) is 5.78 Å². The Labute approximate surface area is 257 Å². The number of fused-ring (bicyclic) bond motifs is 1. The van der Waals surface area contributed by atoms with Crippen LogP contribution in [0.25, 0.3) is 40.0 Å². The summed E-state index contributed by atoms with van der Waals surface area (Å²) >= 11 is 1.14. The van der Waals surface area contributed by atoms with Crippen molar-refractivity contribution in [2.45, 2.75) is 12.1 Å². The van der Waals surface area contributed by atoms with Crippen LogP contribution in [0.1, 0.15) is 21.5 Å². The number of aromatic amines is 1. The monoisotopic (exact) mass is 601 g/mol. The van der Waals surface area contributed by atoms with Crippen molar-refractivity contribution in [2.75, 3.05) is 18.2 Å². The number of methoxy groups -OCH3 is 1. The number of hydrogen-bond donors (Lipinski definition) is 2. The van der Waals surface area contributed by atoms with Crippen molar-refractivity contribution in [1.82, 2.24) is 20.2 Å². The third-order valence-electron chi connectivity index (χ3n) is 6.77. The fourth-order valence-corrected chi connectivity index (χ4v) is 5.00. The molecule has 0 radical (unpaired) electrons. The maximum atomic E-state index is 12.5. The fourth-order valence-electron chi connectivity index (χ4n) is 4.44. The molecule has 0 aliphatic heterocycles. The molecule has 4 aromatic carbocycles. The number of anilines is 1. The summed E-state index contributed by atoms with van der Waals surface area (Å²) in [5.41, 5.74) is 6.77. The summed E-state index contributed by atoms with van der Waals surface area (Å²) in [6.07, 6.45) is 3.26. The highest BCUT2D eigenvalue weighted by Crippen LogP contribution is 2.27. The smallest absolute Gasteiger partial charge is 0.277 e. The topological polar surface area (TPSA) is 123 Å². The molecule has 6 rings (SSSR count). The van der Waals surface area contributed by atoms with Crippen molar-refractivity contribution in [2.24, 2.45) is 0 Å². The second-order valence-electron chi connectivity index (χ2n) is 9.94. The molecule has 10 heteroatoms. The summed E-state index contributed by atoms with van der Waals surface area (Å²) < 4.78 is 10.9. The summed E-state index contributed by atoms with van der Waals surface area (Å²) in [7, 11) is 1.61. The van der Waals surface area contributed by atoms with E-state index in [0.29, 0.717) is 17.1 Å². The number of hydrogen-bond acceptors (Lipinski definition) is 8. The summed E-state index contributed by atoms with van der Waals surface area (Å²) in [5.74, 6) is 1.61. The van der Waals surface area contributed by atoms with Crippen molar-refractivity contribution in [3.05, 3.63) is 114 Å². The van der Waals surface area contributed by atoms with Gasteiger partial charge in [0, 0.05) is 22.4 Å². The predicted octanol–water partition coefficient (Wildman–Crippen LogP) is 7.22. The number of nitrogens with zero attached hydrogens (tertiary/aromatic N) is 3. The van der Waals surface area contributed by atoms with Crippen LogP contribution < -0.4 is 10.1 Å². The Morgan fingerprint density at radius 2 is 1.68 bits per heavy atom. The lowest BCUT2D eigenvalue weighted by Crippen LogP contribution is -2.14. The third-order valence-corrected chi connectivity index (χ3v) is 7.59. The zero-order valence-corrected chi connectivity index (χ0v) is 24.7. The molecule has 2 aromatic heterocycles. The van der Waals surface area contributed by atoms with E-state index >= 15 is 0 Å². The molecular weight excluding hydrogens is 574 g/mol. The highest BCUT2D eigenvalue weighted by atomic mass is 32.2. The van der Waals surface area contributed by atoms with Gasteiger partial charge in [-0.25, -0.2) is 4.98 Å². The van der Waals surface area contributed by atoms with Crippen LogP contribution in [-0.4, -0.2) is 44.7 Å². The van der Waals surface area contributed by atoms with Gasteiger partial charge in [0.25, 0.3) is 5.22 Å². The molecule has 0 aliphatic rings. The van der Waals surface area contributed by atoms with E-state index in [1.807, 2.05) is 67.6 Å². The summed E-state index contributed by atoms with van der Waals surface area (Å²) in [6.45, 7) is 2.05. The number of amides is 1. The third kappa shape index (κ3) is 6.77. The van der Waals surface area contributed by atoms with Crippen LogP contribution in [0, 0.1) is 6.92 Å². The number of allylic oxidation sites excluding steroid dienone is 1. The van der Waals surface area contributed by atoms with Gasteiger partial charge in [0.1, 0.15) is 11.6 Å². The zero-order chi connectivity index (χ0) is 30.5. The molecule has 6 aromatic rings. The zero-order valence-electron chi connectivity index (χ0n) is 23.9. The number of aromatic nitrogens is 4. The summed E-state index contributed by atoms with van der Waals surface area (Å²) in [6, 6.07) is 27.9. The van der Waals surface area contributed by atoms with Crippen molar-refractivity contribution < 1.29 is 18.7 Å². The number of aryl methyl sites for hydroxylation is 1. The van der Waals surface area contributed by atoms with E-state index < -0.39 is 0 Å². The number of imidazole rings is 1. The fraction of sp³-hybridized carbons (Fsp3) is 0.0882. The van der Waals surface area contributed by atoms with Gasteiger partial charge in [0.2, 0.25) is 11.8 Å². The average molecular weight is 602 g/mol. The van der Waals surface area contributed by atoms with Crippen LogP contribution in [0.5, 0.6) is 5.75 Å². The molecule has 0 fully saturated rings. The lowest BCUT2D eigenvalue weighted by molar-refractivity contribution is -0.113. The van der Waals surface area contributed by atoms with Crippen molar-refractivity contribution >= 4 is 46.2 Å². The molecule has 0 unspecified atom stereocenters. The average Bonchev–Trinajstić information content (AvgIpc) is 3.71. The Balaban J connectivity index is 1.00. The quantitative estimate of drug-likeness (QED) is 0.0958. The first kappa shape index (κ1) is 28.6. The second kappa shape index (κ2) is 12.8. The molecular formula is C34H27N5O4S. The van der Waals surface area contributed by atoms with E-state index in [1.54, 1.807) is 37.5 Å². The lowest BCUT2D eigenvalue weighted by atomic mass is 10.1. The van der Waals surface area contributed by atoms with Gasteiger partial charge < -0.3 is 19.5 Å². The largest absolute Gasteiger partial charge is 0.497 e. The highest BCUT2D eigenvalue weighted by Gasteiger charge is 2.13. The minimum atomic E-state index is -0.237. The Morgan fingerprint density at radius 1 is 0.932 bits per heavy atom. The maximum Gasteiger partial charge on any atom is 0.277 e. The van der Waals surface area contributed by atoms with Gasteiger partial charge in [-0.15, -0.1) is 10.2 Å². The molecule has 9 nitrogen and oxygen atoms in total.